The molecule has 1 atom stereocenters. The standard InChI is InChI=1S/C11H10Cl3FN2O2/c1-3-19-10(18)11(2,15)17-16-9-7(13)4-6(12)5-8(9)14/h4-5H,3H2,1-2H3/b17-16+. The molecule has 0 aromatic heterocycles. The summed E-state index contributed by atoms with van der Waals surface area (Å²) < 4.78 is 18.4. The molecule has 0 aliphatic carbocycles. The van der Waals surface area contributed by atoms with E-state index in [2.05, 4.69) is 15.0 Å². The molecule has 0 amide bonds. The number of carbonyl (C=O) groups excluding carboxylic acids is 1. The Morgan fingerprint density at radius 2 is 1.89 bits per heavy atom. The van der Waals surface area contributed by atoms with Gasteiger partial charge in [-0.2, -0.15) is 0 Å². The molecule has 0 radical (unpaired) electrons. The maximum absolute atomic E-state index is 13.9. The average Bonchev–Trinajstić information content (AvgIpc) is 2.27. The van der Waals surface area contributed by atoms with Crippen molar-refractivity contribution in [3.05, 3.63) is 27.2 Å². The fourth-order valence-electron chi connectivity index (χ4n) is 1.08. The zero-order valence-electron chi connectivity index (χ0n) is 10.1. The van der Waals surface area contributed by atoms with Crippen LogP contribution in [0.5, 0.6) is 0 Å². The van der Waals surface area contributed by atoms with Crippen molar-refractivity contribution in [2.24, 2.45) is 10.2 Å². The first-order chi connectivity index (χ1) is 8.77. The van der Waals surface area contributed by atoms with Gasteiger partial charge >= 0.3 is 11.8 Å². The monoisotopic (exact) mass is 326 g/mol. The molecule has 0 saturated carbocycles. The summed E-state index contributed by atoms with van der Waals surface area (Å²) in [7, 11) is 0. The van der Waals surface area contributed by atoms with Crippen molar-refractivity contribution in [2.45, 2.75) is 19.6 Å². The lowest BCUT2D eigenvalue weighted by Crippen LogP contribution is -2.29. The summed E-state index contributed by atoms with van der Waals surface area (Å²) in [6.45, 7) is 2.51. The van der Waals surface area contributed by atoms with Crippen molar-refractivity contribution >= 4 is 46.5 Å². The number of rotatable bonds is 4. The fraction of sp³-hybridized carbons (Fsp3) is 0.364. The van der Waals surface area contributed by atoms with E-state index in [1.807, 2.05) is 0 Å². The molecule has 19 heavy (non-hydrogen) atoms. The van der Waals surface area contributed by atoms with Gasteiger partial charge in [0.05, 0.1) is 16.7 Å². The Balaban J connectivity index is 3.02. The summed E-state index contributed by atoms with van der Waals surface area (Å²) in [5, 5.41) is 7.32. The van der Waals surface area contributed by atoms with Gasteiger partial charge in [-0.25, -0.2) is 9.18 Å². The Kier molecular flexibility index (Phi) is 5.52. The summed E-state index contributed by atoms with van der Waals surface area (Å²) >= 11 is 17.4. The van der Waals surface area contributed by atoms with Crippen LogP contribution in [0, 0.1) is 0 Å². The highest BCUT2D eigenvalue weighted by Gasteiger charge is 2.35. The van der Waals surface area contributed by atoms with Gasteiger partial charge in [0.2, 0.25) is 0 Å². The quantitative estimate of drug-likeness (QED) is 0.445. The highest BCUT2D eigenvalue weighted by Crippen LogP contribution is 2.37. The van der Waals surface area contributed by atoms with Crippen LogP contribution in [-0.2, 0) is 9.53 Å². The lowest BCUT2D eigenvalue weighted by molar-refractivity contribution is -0.155. The average molecular weight is 328 g/mol. The highest BCUT2D eigenvalue weighted by molar-refractivity contribution is 6.41. The smallest absolute Gasteiger partial charge is 0.368 e. The predicted octanol–water partition coefficient (Wildman–Crippen LogP) is 4.98. The molecular weight excluding hydrogens is 317 g/mol. The third-order valence-corrected chi connectivity index (χ3v) is 2.76. The first kappa shape index (κ1) is 16.1. The van der Waals surface area contributed by atoms with Crippen LogP contribution in [0.25, 0.3) is 0 Å². The minimum Gasteiger partial charge on any atom is -0.462 e. The first-order valence-corrected chi connectivity index (χ1v) is 6.35. The zero-order valence-corrected chi connectivity index (χ0v) is 12.4. The van der Waals surface area contributed by atoms with E-state index in [1.165, 1.54) is 12.1 Å². The molecule has 8 heteroatoms. The van der Waals surface area contributed by atoms with E-state index in [4.69, 9.17) is 34.8 Å². The normalized spacial score (nSPS) is 14.4. The van der Waals surface area contributed by atoms with Crippen molar-refractivity contribution in [3.8, 4) is 0 Å². The summed E-state index contributed by atoms with van der Waals surface area (Å²) in [5.74, 6) is -3.75. The van der Waals surface area contributed by atoms with Gasteiger partial charge in [0.25, 0.3) is 0 Å². The Labute approximate surface area is 124 Å². The zero-order chi connectivity index (χ0) is 14.6. The molecule has 104 valence electrons. The Morgan fingerprint density at radius 3 is 2.37 bits per heavy atom. The molecule has 1 aromatic rings. The van der Waals surface area contributed by atoms with E-state index in [1.54, 1.807) is 6.92 Å². The lowest BCUT2D eigenvalue weighted by Gasteiger charge is -2.12. The van der Waals surface area contributed by atoms with Crippen LogP contribution >= 0.6 is 34.8 Å². The minimum absolute atomic E-state index is 0.0286. The number of halogens is 4. The second-order valence-corrected chi connectivity index (χ2v) is 4.84. The largest absolute Gasteiger partial charge is 0.462 e. The summed E-state index contributed by atoms with van der Waals surface area (Å²) in [6, 6.07) is 2.76. The van der Waals surface area contributed by atoms with Crippen LogP contribution in [0.2, 0.25) is 15.1 Å². The van der Waals surface area contributed by atoms with E-state index < -0.39 is 11.8 Å². The molecule has 0 aliphatic rings. The van der Waals surface area contributed by atoms with Crippen LogP contribution in [0.15, 0.2) is 22.4 Å². The molecule has 0 saturated heterocycles. The minimum atomic E-state index is -2.61. The molecule has 0 N–H and O–H groups in total. The van der Waals surface area contributed by atoms with Gasteiger partial charge in [-0.05, 0) is 19.1 Å². The molecule has 0 aliphatic heterocycles. The van der Waals surface area contributed by atoms with Crippen LogP contribution in [-0.4, -0.2) is 18.4 Å². The number of hydrogen-bond donors (Lipinski definition) is 0. The van der Waals surface area contributed by atoms with Crippen LogP contribution in [0.3, 0.4) is 0 Å². The number of nitrogens with zero attached hydrogens (tertiary/aromatic N) is 2. The topological polar surface area (TPSA) is 51.0 Å². The van der Waals surface area contributed by atoms with Crippen molar-refractivity contribution < 1.29 is 13.9 Å². The van der Waals surface area contributed by atoms with Crippen molar-refractivity contribution in [2.75, 3.05) is 6.61 Å². The second kappa shape index (κ2) is 6.50. The molecule has 0 spiro atoms. The number of benzene rings is 1. The Bertz CT molecular complexity index is 498. The number of hydrogen-bond acceptors (Lipinski definition) is 4. The Hall–Kier alpha value is -0.910. The molecule has 0 fully saturated rings. The lowest BCUT2D eigenvalue weighted by atomic mass is 10.3. The van der Waals surface area contributed by atoms with E-state index in [9.17, 15) is 9.18 Å². The van der Waals surface area contributed by atoms with Gasteiger partial charge in [-0.1, -0.05) is 34.8 Å². The maximum Gasteiger partial charge on any atom is 0.368 e. The number of ether oxygens (including phenoxy) is 1. The molecule has 0 heterocycles. The fourth-order valence-corrected chi connectivity index (χ4v) is 1.97. The van der Waals surface area contributed by atoms with E-state index >= 15 is 0 Å². The van der Waals surface area contributed by atoms with Crippen molar-refractivity contribution in [1.29, 1.82) is 0 Å². The van der Waals surface area contributed by atoms with Crippen LogP contribution < -0.4 is 0 Å². The second-order valence-electron chi connectivity index (χ2n) is 3.59. The highest BCUT2D eigenvalue weighted by atomic mass is 35.5. The number of esters is 1. The van der Waals surface area contributed by atoms with Gasteiger partial charge in [-0.3, -0.25) is 0 Å². The number of carbonyl (C=O) groups is 1. The molecule has 4 nitrogen and oxygen atoms in total. The third-order valence-electron chi connectivity index (χ3n) is 1.97. The van der Waals surface area contributed by atoms with Gasteiger partial charge in [0, 0.05) is 11.9 Å². The van der Waals surface area contributed by atoms with Gasteiger partial charge < -0.3 is 4.74 Å². The molecular formula is C11H10Cl3FN2O2. The molecule has 1 aromatic carbocycles. The maximum atomic E-state index is 13.9. The van der Waals surface area contributed by atoms with Gasteiger partial charge in [0.15, 0.2) is 0 Å². The van der Waals surface area contributed by atoms with Crippen molar-refractivity contribution in [3.63, 3.8) is 0 Å². The summed E-state index contributed by atoms with van der Waals surface area (Å²) in [4.78, 5) is 11.3. The first-order valence-electron chi connectivity index (χ1n) is 5.21. The van der Waals surface area contributed by atoms with Crippen molar-refractivity contribution in [1.82, 2.24) is 0 Å². The van der Waals surface area contributed by atoms with E-state index in [0.717, 1.165) is 6.92 Å². The molecule has 1 unspecified atom stereocenters. The van der Waals surface area contributed by atoms with E-state index in [0.29, 0.717) is 5.02 Å². The van der Waals surface area contributed by atoms with Crippen LogP contribution in [0.1, 0.15) is 13.8 Å². The third kappa shape index (κ3) is 4.30. The molecule has 0 bridgehead atoms. The predicted molar refractivity (Wildman–Crippen MR) is 72.1 cm³/mol. The van der Waals surface area contributed by atoms with Crippen LogP contribution in [0.4, 0.5) is 10.1 Å². The van der Waals surface area contributed by atoms with Gasteiger partial charge in [0.1, 0.15) is 5.69 Å². The Morgan fingerprint density at radius 1 is 1.37 bits per heavy atom. The molecule has 1 rings (SSSR count). The summed E-state index contributed by atoms with van der Waals surface area (Å²) in [5.41, 5.74) is 0.0286. The number of alkyl halides is 1. The SMILES string of the molecule is CCOC(=O)C(C)(F)/N=N/c1c(Cl)cc(Cl)cc1Cl. The summed E-state index contributed by atoms with van der Waals surface area (Å²) in [6.07, 6.45) is 0. The number of azo groups is 1. The van der Waals surface area contributed by atoms with E-state index in [-0.39, 0.29) is 22.3 Å². The van der Waals surface area contributed by atoms with Gasteiger partial charge in [-0.15, -0.1) is 10.2 Å².